The summed E-state index contributed by atoms with van der Waals surface area (Å²) in [4.78, 5) is 0. The van der Waals surface area contributed by atoms with Crippen molar-refractivity contribution in [2.24, 2.45) is 5.92 Å². The van der Waals surface area contributed by atoms with Gasteiger partial charge in [0.25, 0.3) is 0 Å². The van der Waals surface area contributed by atoms with Crippen molar-refractivity contribution >= 4 is 0 Å². The van der Waals surface area contributed by atoms with Crippen molar-refractivity contribution in [3.63, 3.8) is 0 Å². The van der Waals surface area contributed by atoms with Gasteiger partial charge < -0.3 is 5.11 Å². The molecule has 0 aliphatic heterocycles. The largest absolute Gasteiger partial charge is 0.378 e. The van der Waals surface area contributed by atoms with Crippen molar-refractivity contribution in [3.05, 3.63) is 0 Å². The molecule has 0 aliphatic rings. The predicted octanol–water partition coefficient (Wildman–Crippen LogP) is 1.41. The van der Waals surface area contributed by atoms with Crippen LogP contribution in [-0.4, -0.2) is 10.7 Å². The maximum absolute atomic E-state index is 9.26. The molecule has 0 radical (unpaired) electrons. The molecule has 0 amide bonds. The summed E-state index contributed by atoms with van der Waals surface area (Å²) in [5.74, 6) is 2.78. The van der Waals surface area contributed by atoms with Gasteiger partial charge >= 0.3 is 0 Å². The van der Waals surface area contributed by atoms with Crippen molar-refractivity contribution in [1.82, 2.24) is 0 Å². The summed E-state index contributed by atoms with van der Waals surface area (Å²) in [5.41, 5.74) is -0.909. The third-order valence-corrected chi connectivity index (χ3v) is 1.12. The van der Waals surface area contributed by atoms with E-state index in [4.69, 9.17) is 6.42 Å². The van der Waals surface area contributed by atoms with Crippen LogP contribution in [0.4, 0.5) is 0 Å². The van der Waals surface area contributed by atoms with Gasteiger partial charge in [0, 0.05) is 21.1 Å². The van der Waals surface area contributed by atoms with Crippen LogP contribution < -0.4 is 0 Å². The zero-order chi connectivity index (χ0) is 7.49. The van der Waals surface area contributed by atoms with Crippen LogP contribution >= 0.6 is 0 Å². The smallest absolute Gasteiger partial charge is 0.122 e. The quantitative estimate of drug-likeness (QED) is 0.763. The minimum atomic E-state index is -0.909. The third kappa shape index (κ3) is 6.33. The Kier molecular flexibility index (Phi) is 6.34. The number of rotatable bonds is 2. The fraction of sp³-hybridized carbons (Fsp3) is 0.750. The SMILES string of the molecule is C#CC(C)(O)CC(C)C.[Pt]. The molecular weight excluding hydrogens is 307 g/mol. The molecular formula is C8H14OPt. The molecule has 0 rings (SSSR count). The van der Waals surface area contributed by atoms with Gasteiger partial charge in [-0.3, -0.25) is 0 Å². The normalized spacial score (nSPS) is 15.2. The fourth-order valence-electron chi connectivity index (χ4n) is 0.854. The molecule has 0 saturated carbocycles. The minimum absolute atomic E-state index is 0. The van der Waals surface area contributed by atoms with Crippen LogP contribution in [0.1, 0.15) is 27.2 Å². The van der Waals surface area contributed by atoms with Crippen LogP contribution in [0, 0.1) is 18.3 Å². The van der Waals surface area contributed by atoms with E-state index in [9.17, 15) is 5.11 Å². The second-order valence-electron chi connectivity index (χ2n) is 3.02. The minimum Gasteiger partial charge on any atom is -0.378 e. The standard InChI is InChI=1S/C8H14O.Pt/c1-5-8(4,9)6-7(2)3;/h1,7,9H,6H2,2-4H3;. The maximum Gasteiger partial charge on any atom is 0.122 e. The molecule has 1 atom stereocenters. The van der Waals surface area contributed by atoms with Crippen LogP contribution in [0.25, 0.3) is 0 Å². The Morgan fingerprint density at radius 2 is 2.00 bits per heavy atom. The van der Waals surface area contributed by atoms with Gasteiger partial charge in [0.15, 0.2) is 0 Å². The van der Waals surface area contributed by atoms with Gasteiger partial charge in [0.2, 0.25) is 0 Å². The van der Waals surface area contributed by atoms with E-state index in [0.717, 1.165) is 0 Å². The Labute approximate surface area is 77.5 Å². The predicted molar refractivity (Wildman–Crippen MR) is 38.9 cm³/mol. The molecule has 1 unspecified atom stereocenters. The van der Waals surface area contributed by atoms with Gasteiger partial charge in [-0.15, -0.1) is 6.42 Å². The number of hydrogen-bond donors (Lipinski definition) is 1. The summed E-state index contributed by atoms with van der Waals surface area (Å²) in [7, 11) is 0. The van der Waals surface area contributed by atoms with E-state index in [0.29, 0.717) is 12.3 Å². The van der Waals surface area contributed by atoms with Gasteiger partial charge in [0.1, 0.15) is 5.60 Å². The Morgan fingerprint density at radius 1 is 1.60 bits per heavy atom. The average molecular weight is 321 g/mol. The van der Waals surface area contributed by atoms with E-state index < -0.39 is 5.60 Å². The molecule has 0 aromatic heterocycles. The molecule has 0 aromatic carbocycles. The van der Waals surface area contributed by atoms with E-state index in [-0.39, 0.29) is 21.1 Å². The van der Waals surface area contributed by atoms with E-state index in [1.807, 2.05) is 13.8 Å². The first-order valence-electron chi connectivity index (χ1n) is 3.18. The van der Waals surface area contributed by atoms with Crippen molar-refractivity contribution in [2.75, 3.05) is 0 Å². The van der Waals surface area contributed by atoms with Crippen LogP contribution in [0.2, 0.25) is 0 Å². The van der Waals surface area contributed by atoms with Crippen molar-refractivity contribution in [1.29, 1.82) is 0 Å². The number of terminal acetylenes is 1. The van der Waals surface area contributed by atoms with Crippen LogP contribution in [0.5, 0.6) is 0 Å². The zero-order valence-corrected chi connectivity index (χ0v) is 8.90. The van der Waals surface area contributed by atoms with Gasteiger partial charge in [-0.05, 0) is 19.3 Å². The molecule has 1 N–H and O–H groups in total. The Morgan fingerprint density at radius 3 is 2.10 bits per heavy atom. The number of aliphatic hydroxyl groups is 1. The molecule has 10 heavy (non-hydrogen) atoms. The summed E-state index contributed by atoms with van der Waals surface area (Å²) in [6, 6.07) is 0. The molecule has 0 spiro atoms. The van der Waals surface area contributed by atoms with Gasteiger partial charge in [0.05, 0.1) is 0 Å². The fourth-order valence-corrected chi connectivity index (χ4v) is 0.854. The molecule has 0 heterocycles. The Hall–Kier alpha value is 0.208. The molecule has 0 bridgehead atoms. The average Bonchev–Trinajstić information content (AvgIpc) is 1.63. The van der Waals surface area contributed by atoms with Crippen molar-refractivity contribution in [2.45, 2.75) is 32.8 Å². The van der Waals surface area contributed by atoms with E-state index in [1.165, 1.54) is 0 Å². The summed E-state index contributed by atoms with van der Waals surface area (Å²) < 4.78 is 0. The number of hydrogen-bond acceptors (Lipinski definition) is 1. The first-order chi connectivity index (χ1) is 3.98. The first kappa shape index (κ1) is 12.8. The topological polar surface area (TPSA) is 20.2 Å². The second kappa shape index (κ2) is 4.94. The molecule has 0 aliphatic carbocycles. The van der Waals surface area contributed by atoms with Crippen LogP contribution in [0.3, 0.4) is 0 Å². The Balaban J connectivity index is 0. The van der Waals surface area contributed by atoms with Crippen LogP contribution in [0.15, 0.2) is 0 Å². The van der Waals surface area contributed by atoms with Crippen molar-refractivity contribution < 1.29 is 26.2 Å². The van der Waals surface area contributed by atoms with Crippen LogP contribution in [-0.2, 0) is 21.1 Å². The Bertz CT molecular complexity index is 122. The molecule has 1 nitrogen and oxygen atoms in total. The molecule has 62 valence electrons. The molecule has 2 heteroatoms. The summed E-state index contributed by atoms with van der Waals surface area (Å²) >= 11 is 0. The van der Waals surface area contributed by atoms with Gasteiger partial charge in [-0.25, -0.2) is 0 Å². The van der Waals surface area contributed by atoms with E-state index in [2.05, 4.69) is 5.92 Å². The summed E-state index contributed by atoms with van der Waals surface area (Å²) in [6.07, 6.45) is 5.72. The zero-order valence-electron chi connectivity index (χ0n) is 6.63. The maximum atomic E-state index is 9.26. The van der Waals surface area contributed by atoms with E-state index >= 15 is 0 Å². The molecule has 0 saturated heterocycles. The van der Waals surface area contributed by atoms with Crippen molar-refractivity contribution in [3.8, 4) is 12.3 Å². The van der Waals surface area contributed by atoms with Gasteiger partial charge in [-0.1, -0.05) is 19.8 Å². The second-order valence-corrected chi connectivity index (χ2v) is 3.02. The van der Waals surface area contributed by atoms with Gasteiger partial charge in [-0.2, -0.15) is 0 Å². The molecule has 0 fully saturated rings. The monoisotopic (exact) mass is 321 g/mol. The summed E-state index contributed by atoms with van der Waals surface area (Å²) in [5, 5.41) is 9.26. The summed E-state index contributed by atoms with van der Waals surface area (Å²) in [6.45, 7) is 5.73. The third-order valence-electron chi connectivity index (χ3n) is 1.12. The van der Waals surface area contributed by atoms with E-state index in [1.54, 1.807) is 6.92 Å². The molecule has 0 aromatic rings. The first-order valence-corrected chi connectivity index (χ1v) is 3.18.